The Hall–Kier alpha value is -1.06. The van der Waals surface area contributed by atoms with Gasteiger partial charge in [-0.05, 0) is 38.5 Å². The summed E-state index contributed by atoms with van der Waals surface area (Å²) in [6, 6.07) is 8.19. The van der Waals surface area contributed by atoms with E-state index in [0.29, 0.717) is 0 Å². The molecule has 1 rings (SSSR count). The minimum Gasteiger partial charge on any atom is -0.491 e. The Bertz CT molecular complexity index is 313. The predicted octanol–water partition coefficient (Wildman–Crippen LogP) is 2.60. The molecule has 0 saturated heterocycles. The highest BCUT2D eigenvalue weighted by atomic mass is 16.5. The van der Waals surface area contributed by atoms with Crippen LogP contribution in [0, 0.1) is 0 Å². The molecule has 0 bridgehead atoms. The van der Waals surface area contributed by atoms with Gasteiger partial charge in [-0.1, -0.05) is 12.1 Å². The van der Waals surface area contributed by atoms with Crippen molar-refractivity contribution in [2.75, 3.05) is 19.8 Å². The summed E-state index contributed by atoms with van der Waals surface area (Å²) in [7, 11) is 0. The number of hydrogen-bond acceptors (Lipinski definition) is 3. The van der Waals surface area contributed by atoms with Gasteiger partial charge in [-0.15, -0.1) is 0 Å². The van der Waals surface area contributed by atoms with Crippen molar-refractivity contribution < 1.29 is 9.47 Å². The number of rotatable bonds is 8. The Balaban J connectivity index is 2.32. The van der Waals surface area contributed by atoms with E-state index in [1.54, 1.807) is 0 Å². The van der Waals surface area contributed by atoms with E-state index in [-0.39, 0.29) is 6.10 Å². The molecule has 1 aromatic rings. The van der Waals surface area contributed by atoms with E-state index in [4.69, 9.17) is 9.47 Å². The summed E-state index contributed by atoms with van der Waals surface area (Å²) in [5.41, 5.74) is 1.24. The smallest absolute Gasteiger partial charge is 0.120 e. The van der Waals surface area contributed by atoms with Crippen LogP contribution in [0.5, 0.6) is 5.75 Å². The molecule has 0 radical (unpaired) electrons. The van der Waals surface area contributed by atoms with Crippen molar-refractivity contribution in [3.63, 3.8) is 0 Å². The van der Waals surface area contributed by atoms with Crippen LogP contribution in [-0.2, 0) is 11.3 Å². The molecule has 17 heavy (non-hydrogen) atoms. The van der Waals surface area contributed by atoms with Crippen LogP contribution in [0.15, 0.2) is 24.3 Å². The van der Waals surface area contributed by atoms with Crippen molar-refractivity contribution in [1.29, 1.82) is 0 Å². The molecule has 0 amide bonds. The van der Waals surface area contributed by atoms with Crippen molar-refractivity contribution in [2.45, 2.75) is 33.4 Å². The molecule has 1 N–H and O–H groups in total. The molecule has 3 nitrogen and oxygen atoms in total. The van der Waals surface area contributed by atoms with Gasteiger partial charge in [0, 0.05) is 19.7 Å². The fraction of sp³-hybridized carbons (Fsp3) is 0.571. The Morgan fingerprint density at radius 2 is 2.12 bits per heavy atom. The number of hydrogen-bond donors (Lipinski definition) is 1. The van der Waals surface area contributed by atoms with E-state index in [9.17, 15) is 0 Å². The number of nitrogens with one attached hydrogen (secondary N) is 1. The molecule has 0 aliphatic rings. The van der Waals surface area contributed by atoms with Crippen molar-refractivity contribution >= 4 is 0 Å². The summed E-state index contributed by atoms with van der Waals surface area (Å²) in [5, 5.41) is 3.34. The SMILES string of the molecule is CCOCCNCc1cccc(OC(C)C)c1. The summed E-state index contributed by atoms with van der Waals surface area (Å²) in [6.07, 6.45) is 0.219. The molecule has 0 aliphatic heterocycles. The maximum atomic E-state index is 5.65. The molecular weight excluding hydrogens is 214 g/mol. The zero-order valence-corrected chi connectivity index (χ0v) is 11.0. The van der Waals surface area contributed by atoms with Gasteiger partial charge in [-0.3, -0.25) is 0 Å². The van der Waals surface area contributed by atoms with Crippen LogP contribution >= 0.6 is 0 Å². The van der Waals surface area contributed by atoms with E-state index >= 15 is 0 Å². The fourth-order valence-corrected chi connectivity index (χ4v) is 1.52. The van der Waals surface area contributed by atoms with Crippen LogP contribution in [0.25, 0.3) is 0 Å². The Kier molecular flexibility index (Phi) is 6.67. The minimum absolute atomic E-state index is 0.219. The van der Waals surface area contributed by atoms with E-state index in [0.717, 1.165) is 32.1 Å². The summed E-state index contributed by atoms with van der Waals surface area (Å²) < 4.78 is 10.9. The summed E-state index contributed by atoms with van der Waals surface area (Å²) >= 11 is 0. The van der Waals surface area contributed by atoms with Gasteiger partial charge in [0.25, 0.3) is 0 Å². The van der Waals surface area contributed by atoms with Crippen molar-refractivity contribution in [1.82, 2.24) is 5.32 Å². The third kappa shape index (κ3) is 6.29. The topological polar surface area (TPSA) is 30.5 Å². The normalized spacial score (nSPS) is 10.8. The summed E-state index contributed by atoms with van der Waals surface area (Å²) in [5.74, 6) is 0.934. The minimum atomic E-state index is 0.219. The standard InChI is InChI=1S/C14H23NO2/c1-4-16-9-8-15-11-13-6-5-7-14(10-13)17-12(2)3/h5-7,10,12,15H,4,8-9,11H2,1-3H3. The second kappa shape index (κ2) is 8.09. The lowest BCUT2D eigenvalue weighted by atomic mass is 10.2. The van der Waals surface area contributed by atoms with Gasteiger partial charge >= 0.3 is 0 Å². The van der Waals surface area contributed by atoms with Gasteiger partial charge < -0.3 is 14.8 Å². The molecule has 1 aromatic carbocycles. The van der Waals surface area contributed by atoms with Gasteiger partial charge in [-0.2, -0.15) is 0 Å². The predicted molar refractivity (Wildman–Crippen MR) is 70.4 cm³/mol. The van der Waals surface area contributed by atoms with Crippen LogP contribution < -0.4 is 10.1 Å². The number of benzene rings is 1. The zero-order valence-electron chi connectivity index (χ0n) is 11.0. The second-order valence-corrected chi connectivity index (χ2v) is 4.19. The van der Waals surface area contributed by atoms with Crippen LogP contribution in [0.1, 0.15) is 26.3 Å². The van der Waals surface area contributed by atoms with Crippen LogP contribution in [0.3, 0.4) is 0 Å². The lowest BCUT2D eigenvalue weighted by Gasteiger charge is -2.11. The van der Waals surface area contributed by atoms with Gasteiger partial charge in [0.2, 0.25) is 0 Å². The number of ether oxygens (including phenoxy) is 2. The lowest BCUT2D eigenvalue weighted by molar-refractivity contribution is 0.149. The molecule has 0 aliphatic carbocycles. The van der Waals surface area contributed by atoms with Gasteiger partial charge in [0.1, 0.15) is 5.75 Å². The van der Waals surface area contributed by atoms with Crippen molar-refractivity contribution in [3.8, 4) is 5.75 Å². The average molecular weight is 237 g/mol. The maximum absolute atomic E-state index is 5.65. The van der Waals surface area contributed by atoms with Crippen LogP contribution in [0.4, 0.5) is 0 Å². The molecule has 3 heteroatoms. The first-order chi connectivity index (χ1) is 8.22. The molecule has 0 saturated carbocycles. The van der Waals surface area contributed by atoms with E-state index in [1.807, 2.05) is 32.9 Å². The Labute approximate surface area is 104 Å². The molecule has 0 spiro atoms. The summed E-state index contributed by atoms with van der Waals surface area (Å²) in [6.45, 7) is 9.34. The van der Waals surface area contributed by atoms with E-state index in [1.165, 1.54) is 5.56 Å². The lowest BCUT2D eigenvalue weighted by Crippen LogP contribution is -2.19. The quantitative estimate of drug-likeness (QED) is 0.705. The van der Waals surface area contributed by atoms with E-state index < -0.39 is 0 Å². The first-order valence-corrected chi connectivity index (χ1v) is 6.26. The molecule has 0 aromatic heterocycles. The Morgan fingerprint density at radius 3 is 2.82 bits per heavy atom. The van der Waals surface area contributed by atoms with Gasteiger partial charge in [0.05, 0.1) is 12.7 Å². The van der Waals surface area contributed by atoms with Crippen LogP contribution in [-0.4, -0.2) is 25.9 Å². The molecule has 0 unspecified atom stereocenters. The molecule has 0 fully saturated rings. The van der Waals surface area contributed by atoms with Crippen molar-refractivity contribution in [2.24, 2.45) is 0 Å². The first kappa shape index (κ1) is 14.0. The molecule has 0 heterocycles. The third-order valence-electron chi connectivity index (χ3n) is 2.23. The third-order valence-corrected chi connectivity index (χ3v) is 2.23. The zero-order chi connectivity index (χ0) is 12.5. The molecule has 96 valence electrons. The largest absolute Gasteiger partial charge is 0.491 e. The van der Waals surface area contributed by atoms with Crippen molar-refractivity contribution in [3.05, 3.63) is 29.8 Å². The highest BCUT2D eigenvalue weighted by Crippen LogP contribution is 2.14. The molecular formula is C14H23NO2. The molecule has 0 atom stereocenters. The highest BCUT2D eigenvalue weighted by Gasteiger charge is 1.99. The second-order valence-electron chi connectivity index (χ2n) is 4.19. The fourth-order valence-electron chi connectivity index (χ4n) is 1.52. The average Bonchev–Trinajstić information content (AvgIpc) is 2.28. The first-order valence-electron chi connectivity index (χ1n) is 6.26. The van der Waals surface area contributed by atoms with Gasteiger partial charge in [-0.25, -0.2) is 0 Å². The monoisotopic (exact) mass is 237 g/mol. The van der Waals surface area contributed by atoms with E-state index in [2.05, 4.69) is 17.4 Å². The van der Waals surface area contributed by atoms with Gasteiger partial charge in [0.15, 0.2) is 0 Å². The van der Waals surface area contributed by atoms with Crippen LogP contribution in [0.2, 0.25) is 0 Å². The Morgan fingerprint density at radius 1 is 1.29 bits per heavy atom. The summed E-state index contributed by atoms with van der Waals surface area (Å²) in [4.78, 5) is 0. The maximum Gasteiger partial charge on any atom is 0.120 e. The highest BCUT2D eigenvalue weighted by molar-refractivity contribution is 5.28.